The smallest absolute Gasteiger partial charge is 0.309 e. The predicted molar refractivity (Wildman–Crippen MR) is 50.1 cm³/mol. The van der Waals surface area contributed by atoms with Crippen LogP contribution in [0, 0.1) is 0 Å². The quantitative estimate of drug-likeness (QED) is 0.760. The van der Waals surface area contributed by atoms with E-state index in [1.807, 2.05) is 18.2 Å². The lowest BCUT2D eigenvalue weighted by molar-refractivity contribution is -0.136. The maximum absolute atomic E-state index is 10.4. The molecule has 2 heterocycles. The van der Waals surface area contributed by atoms with Gasteiger partial charge in [-0.05, 0) is 18.2 Å². The molecular formula is C10H9NO3. The number of aliphatic carboxylic acids is 1. The zero-order chi connectivity index (χ0) is 9.97. The van der Waals surface area contributed by atoms with Gasteiger partial charge in [0.2, 0.25) is 5.88 Å². The van der Waals surface area contributed by atoms with Gasteiger partial charge in [-0.1, -0.05) is 6.08 Å². The van der Waals surface area contributed by atoms with E-state index in [1.54, 1.807) is 6.07 Å². The summed E-state index contributed by atoms with van der Waals surface area (Å²) in [6.45, 7) is 0.497. The summed E-state index contributed by atoms with van der Waals surface area (Å²) in [6, 6.07) is 3.52. The number of nitrogens with zero attached hydrogens (tertiary/aromatic N) is 1. The van der Waals surface area contributed by atoms with Crippen molar-refractivity contribution in [1.82, 2.24) is 4.98 Å². The Hall–Kier alpha value is -1.84. The lowest BCUT2D eigenvalue weighted by Gasteiger charge is -2.11. The number of carboxylic acid groups (broad SMARTS) is 1. The second-order valence-electron chi connectivity index (χ2n) is 2.98. The molecular weight excluding hydrogens is 182 g/mol. The third kappa shape index (κ3) is 1.74. The van der Waals surface area contributed by atoms with Crippen LogP contribution in [-0.2, 0) is 11.2 Å². The normalized spacial score (nSPS) is 13.1. The Labute approximate surface area is 80.8 Å². The number of aromatic nitrogens is 1. The molecule has 0 radical (unpaired) electrons. The second-order valence-corrected chi connectivity index (χ2v) is 2.98. The predicted octanol–water partition coefficient (Wildman–Crippen LogP) is 1.11. The van der Waals surface area contributed by atoms with Gasteiger partial charge in [-0.2, -0.15) is 0 Å². The molecule has 72 valence electrons. The molecule has 0 unspecified atom stereocenters. The van der Waals surface area contributed by atoms with Crippen molar-refractivity contribution in [3.63, 3.8) is 0 Å². The first-order valence-electron chi connectivity index (χ1n) is 4.27. The molecule has 0 aromatic carbocycles. The number of pyridine rings is 1. The largest absolute Gasteiger partial charge is 0.481 e. The maximum Gasteiger partial charge on any atom is 0.309 e. The molecule has 0 atom stereocenters. The van der Waals surface area contributed by atoms with Crippen LogP contribution in [-0.4, -0.2) is 22.7 Å². The molecule has 4 nitrogen and oxygen atoms in total. The molecule has 1 aliphatic rings. The second kappa shape index (κ2) is 3.49. The summed E-state index contributed by atoms with van der Waals surface area (Å²) in [7, 11) is 0. The highest BCUT2D eigenvalue weighted by molar-refractivity contribution is 5.70. The summed E-state index contributed by atoms with van der Waals surface area (Å²) < 4.78 is 5.25. The Balaban J connectivity index is 2.30. The highest BCUT2D eigenvalue weighted by Crippen LogP contribution is 2.21. The molecule has 0 amide bonds. The van der Waals surface area contributed by atoms with Gasteiger partial charge in [-0.25, -0.2) is 4.98 Å². The van der Waals surface area contributed by atoms with Gasteiger partial charge in [0.25, 0.3) is 0 Å². The average Bonchev–Trinajstić information content (AvgIpc) is 2.17. The van der Waals surface area contributed by atoms with Crippen LogP contribution in [0.5, 0.6) is 5.88 Å². The SMILES string of the molecule is O=C(O)Cc1ccc2c(n1)OCC=C2. The highest BCUT2D eigenvalue weighted by atomic mass is 16.5. The van der Waals surface area contributed by atoms with E-state index in [9.17, 15) is 4.79 Å². The van der Waals surface area contributed by atoms with Crippen molar-refractivity contribution in [2.75, 3.05) is 6.61 Å². The molecule has 1 aliphatic heterocycles. The number of hydrogen-bond acceptors (Lipinski definition) is 3. The zero-order valence-corrected chi connectivity index (χ0v) is 7.43. The topological polar surface area (TPSA) is 59.4 Å². The van der Waals surface area contributed by atoms with Gasteiger partial charge in [0.05, 0.1) is 12.1 Å². The standard InChI is InChI=1S/C10H9NO3/c12-9(13)6-8-4-3-7-2-1-5-14-10(7)11-8/h1-4H,5-6H2,(H,12,13). The summed E-state index contributed by atoms with van der Waals surface area (Å²) in [6.07, 6.45) is 3.73. The monoisotopic (exact) mass is 191 g/mol. The Morgan fingerprint density at radius 3 is 3.21 bits per heavy atom. The van der Waals surface area contributed by atoms with Gasteiger partial charge in [0, 0.05) is 5.56 Å². The van der Waals surface area contributed by atoms with Crippen LogP contribution >= 0.6 is 0 Å². The van der Waals surface area contributed by atoms with Gasteiger partial charge >= 0.3 is 5.97 Å². The minimum Gasteiger partial charge on any atom is -0.481 e. The van der Waals surface area contributed by atoms with Crippen LogP contribution in [0.2, 0.25) is 0 Å². The fourth-order valence-corrected chi connectivity index (χ4v) is 1.29. The molecule has 0 saturated carbocycles. The zero-order valence-electron chi connectivity index (χ0n) is 7.43. The van der Waals surface area contributed by atoms with E-state index in [0.29, 0.717) is 18.2 Å². The van der Waals surface area contributed by atoms with Gasteiger partial charge < -0.3 is 9.84 Å². The van der Waals surface area contributed by atoms with Gasteiger partial charge in [-0.15, -0.1) is 0 Å². The summed E-state index contributed by atoms with van der Waals surface area (Å²) in [5.74, 6) is -0.366. The summed E-state index contributed by atoms with van der Waals surface area (Å²) in [5.41, 5.74) is 1.41. The van der Waals surface area contributed by atoms with E-state index in [-0.39, 0.29) is 6.42 Å². The molecule has 0 fully saturated rings. The molecule has 0 spiro atoms. The van der Waals surface area contributed by atoms with E-state index < -0.39 is 5.97 Å². The molecule has 0 bridgehead atoms. The highest BCUT2D eigenvalue weighted by Gasteiger charge is 2.09. The van der Waals surface area contributed by atoms with Crippen molar-refractivity contribution >= 4 is 12.0 Å². The molecule has 0 saturated heterocycles. The van der Waals surface area contributed by atoms with Crippen molar-refractivity contribution in [3.05, 3.63) is 29.5 Å². The van der Waals surface area contributed by atoms with Crippen molar-refractivity contribution in [2.45, 2.75) is 6.42 Å². The third-order valence-corrected chi connectivity index (χ3v) is 1.89. The van der Waals surface area contributed by atoms with Crippen molar-refractivity contribution in [1.29, 1.82) is 0 Å². The van der Waals surface area contributed by atoms with Crippen LogP contribution in [0.1, 0.15) is 11.3 Å². The average molecular weight is 191 g/mol. The number of carboxylic acids is 1. The summed E-state index contributed by atoms with van der Waals surface area (Å²) in [5, 5.41) is 8.58. The first-order valence-corrected chi connectivity index (χ1v) is 4.27. The van der Waals surface area contributed by atoms with Crippen LogP contribution < -0.4 is 4.74 Å². The number of carbonyl (C=O) groups is 1. The van der Waals surface area contributed by atoms with Crippen molar-refractivity contribution in [2.24, 2.45) is 0 Å². The first kappa shape index (κ1) is 8.74. The molecule has 4 heteroatoms. The first-order chi connectivity index (χ1) is 6.75. The Morgan fingerprint density at radius 2 is 2.43 bits per heavy atom. The Bertz CT molecular complexity index is 398. The maximum atomic E-state index is 10.4. The number of hydrogen-bond donors (Lipinski definition) is 1. The van der Waals surface area contributed by atoms with Gasteiger partial charge in [-0.3, -0.25) is 4.79 Å². The summed E-state index contributed by atoms with van der Waals surface area (Å²) in [4.78, 5) is 14.5. The lowest BCUT2D eigenvalue weighted by Crippen LogP contribution is -2.07. The van der Waals surface area contributed by atoms with E-state index in [0.717, 1.165) is 5.56 Å². The lowest BCUT2D eigenvalue weighted by atomic mass is 10.2. The molecule has 0 aliphatic carbocycles. The minimum atomic E-state index is -0.885. The molecule has 2 rings (SSSR count). The molecule has 1 aromatic rings. The third-order valence-electron chi connectivity index (χ3n) is 1.89. The Kier molecular flexibility index (Phi) is 2.18. The Morgan fingerprint density at radius 1 is 1.57 bits per heavy atom. The molecule has 14 heavy (non-hydrogen) atoms. The van der Waals surface area contributed by atoms with Crippen molar-refractivity contribution in [3.8, 4) is 5.88 Å². The fourth-order valence-electron chi connectivity index (χ4n) is 1.29. The van der Waals surface area contributed by atoms with Crippen LogP contribution in [0.15, 0.2) is 18.2 Å². The molecule has 1 N–H and O–H groups in total. The van der Waals surface area contributed by atoms with Crippen LogP contribution in [0.4, 0.5) is 0 Å². The van der Waals surface area contributed by atoms with E-state index >= 15 is 0 Å². The van der Waals surface area contributed by atoms with Gasteiger partial charge in [0.15, 0.2) is 0 Å². The van der Waals surface area contributed by atoms with E-state index in [4.69, 9.17) is 9.84 Å². The number of fused-ring (bicyclic) bond motifs is 1. The van der Waals surface area contributed by atoms with Crippen LogP contribution in [0.25, 0.3) is 6.08 Å². The minimum absolute atomic E-state index is 0.0691. The van der Waals surface area contributed by atoms with E-state index in [2.05, 4.69) is 4.98 Å². The van der Waals surface area contributed by atoms with Crippen LogP contribution in [0.3, 0.4) is 0 Å². The fraction of sp³-hybridized carbons (Fsp3) is 0.200. The summed E-state index contributed by atoms with van der Waals surface area (Å²) >= 11 is 0. The molecule has 1 aromatic heterocycles. The van der Waals surface area contributed by atoms with E-state index in [1.165, 1.54) is 0 Å². The number of ether oxygens (including phenoxy) is 1. The van der Waals surface area contributed by atoms with Crippen molar-refractivity contribution < 1.29 is 14.6 Å². The number of rotatable bonds is 2. The van der Waals surface area contributed by atoms with Gasteiger partial charge in [0.1, 0.15) is 6.61 Å².